The number of hydrogen-bond acceptors (Lipinski definition) is 5. The van der Waals surface area contributed by atoms with E-state index in [0.717, 1.165) is 4.31 Å². The fraction of sp³-hybridized carbons (Fsp3) is 0.400. The summed E-state index contributed by atoms with van der Waals surface area (Å²) in [6, 6.07) is 4.05. The van der Waals surface area contributed by atoms with Gasteiger partial charge in [-0.3, -0.25) is 0 Å². The highest BCUT2D eigenvalue weighted by molar-refractivity contribution is 7.92. The predicted octanol–water partition coefficient (Wildman–Crippen LogP) is 0.341. The maximum Gasteiger partial charge on any atom is 0.243 e. The molecule has 9 heteroatoms. The van der Waals surface area contributed by atoms with Gasteiger partial charge in [0.2, 0.25) is 10.0 Å². The van der Waals surface area contributed by atoms with Crippen molar-refractivity contribution in [3.05, 3.63) is 23.2 Å². The summed E-state index contributed by atoms with van der Waals surface area (Å²) in [7, 11) is -6.85. The van der Waals surface area contributed by atoms with E-state index in [9.17, 15) is 16.8 Å². The summed E-state index contributed by atoms with van der Waals surface area (Å²) in [5, 5.41) is 0.158. The third-order valence-electron chi connectivity index (χ3n) is 2.91. The first-order chi connectivity index (χ1) is 8.72. The molecule has 0 atom stereocenters. The Morgan fingerprint density at radius 3 is 2.32 bits per heavy atom. The zero-order valence-electron chi connectivity index (χ0n) is 9.91. The fourth-order valence-electron chi connectivity index (χ4n) is 1.75. The number of anilines is 1. The van der Waals surface area contributed by atoms with E-state index >= 15 is 0 Å². The number of halogens is 1. The van der Waals surface area contributed by atoms with Crippen LogP contribution in [0.1, 0.15) is 0 Å². The predicted molar refractivity (Wildman–Crippen MR) is 73.3 cm³/mol. The van der Waals surface area contributed by atoms with Gasteiger partial charge in [-0.05, 0) is 18.2 Å². The fourth-order valence-corrected chi connectivity index (χ4v) is 4.90. The molecule has 0 unspecified atom stereocenters. The largest absolute Gasteiger partial charge is 0.398 e. The molecule has 2 N–H and O–H groups in total. The lowest BCUT2D eigenvalue weighted by Crippen LogP contribution is -2.43. The Kier molecular flexibility index (Phi) is 3.78. The minimum Gasteiger partial charge on any atom is -0.398 e. The molecule has 1 heterocycles. The lowest BCUT2D eigenvalue weighted by molar-refractivity contribution is 0.431. The molecule has 6 nitrogen and oxygen atoms in total. The molecule has 1 saturated heterocycles. The van der Waals surface area contributed by atoms with E-state index in [1.54, 1.807) is 0 Å². The molecule has 1 fully saturated rings. The maximum absolute atomic E-state index is 12.3. The second-order valence-electron chi connectivity index (χ2n) is 4.24. The Hall–Kier alpha value is -0.830. The molecule has 0 amide bonds. The lowest BCUT2D eigenvalue weighted by Gasteiger charge is -2.26. The molecule has 0 aliphatic carbocycles. The number of benzene rings is 1. The van der Waals surface area contributed by atoms with E-state index in [-0.39, 0.29) is 34.5 Å². The van der Waals surface area contributed by atoms with Crippen LogP contribution in [0.4, 0.5) is 5.69 Å². The highest BCUT2D eigenvalue weighted by Crippen LogP contribution is 2.25. The van der Waals surface area contributed by atoms with Crippen LogP contribution < -0.4 is 5.73 Å². The Morgan fingerprint density at radius 2 is 1.79 bits per heavy atom. The van der Waals surface area contributed by atoms with Crippen molar-refractivity contribution in [1.29, 1.82) is 0 Å². The summed E-state index contributed by atoms with van der Waals surface area (Å²) >= 11 is 5.80. The smallest absolute Gasteiger partial charge is 0.243 e. The van der Waals surface area contributed by atoms with Gasteiger partial charge in [-0.1, -0.05) is 11.6 Å². The molecule has 106 valence electrons. The maximum atomic E-state index is 12.3. The Bertz CT molecular complexity index is 686. The number of nitrogens with two attached hydrogens (primary N) is 1. The van der Waals surface area contributed by atoms with E-state index in [1.807, 2.05) is 0 Å². The molecule has 0 radical (unpaired) electrons. The number of nitrogens with zero attached hydrogens (tertiary/aromatic N) is 1. The number of sulfonamides is 1. The molecule has 1 aliphatic rings. The van der Waals surface area contributed by atoms with Crippen molar-refractivity contribution in [2.45, 2.75) is 4.90 Å². The van der Waals surface area contributed by atoms with Crippen LogP contribution in [-0.2, 0) is 19.9 Å². The zero-order chi connectivity index (χ0) is 14.3. The van der Waals surface area contributed by atoms with E-state index in [2.05, 4.69) is 0 Å². The first-order valence-corrected chi connectivity index (χ1v) is 9.12. The summed E-state index contributed by atoms with van der Waals surface area (Å²) in [6.07, 6.45) is 0. The quantitative estimate of drug-likeness (QED) is 0.791. The van der Waals surface area contributed by atoms with Gasteiger partial charge in [-0.15, -0.1) is 0 Å². The molecule has 1 aromatic carbocycles. The normalized spacial score (nSPS) is 20.3. The topological polar surface area (TPSA) is 97.5 Å². The molecule has 0 saturated carbocycles. The van der Waals surface area contributed by atoms with Gasteiger partial charge in [0.25, 0.3) is 0 Å². The highest BCUT2D eigenvalue weighted by atomic mass is 35.5. The van der Waals surface area contributed by atoms with Crippen molar-refractivity contribution >= 4 is 37.1 Å². The van der Waals surface area contributed by atoms with Crippen LogP contribution in [0.5, 0.6) is 0 Å². The van der Waals surface area contributed by atoms with Crippen molar-refractivity contribution in [2.75, 3.05) is 30.3 Å². The highest BCUT2D eigenvalue weighted by Gasteiger charge is 2.31. The SMILES string of the molecule is Nc1ccc(S(=O)(=O)N2CCS(=O)(=O)CC2)cc1Cl. The van der Waals surface area contributed by atoms with Crippen LogP contribution in [-0.4, -0.2) is 45.7 Å². The molecule has 0 aromatic heterocycles. The zero-order valence-corrected chi connectivity index (χ0v) is 12.3. The van der Waals surface area contributed by atoms with E-state index in [4.69, 9.17) is 17.3 Å². The van der Waals surface area contributed by atoms with Crippen molar-refractivity contribution < 1.29 is 16.8 Å². The van der Waals surface area contributed by atoms with Gasteiger partial charge in [0.1, 0.15) is 0 Å². The van der Waals surface area contributed by atoms with Crippen molar-refractivity contribution in [2.24, 2.45) is 0 Å². The molecule has 2 rings (SSSR count). The average molecular weight is 325 g/mol. The number of sulfone groups is 1. The third-order valence-corrected chi connectivity index (χ3v) is 6.74. The van der Waals surface area contributed by atoms with Crippen LogP contribution in [0.15, 0.2) is 23.1 Å². The third kappa shape index (κ3) is 3.02. The molecule has 0 spiro atoms. The summed E-state index contributed by atoms with van der Waals surface area (Å²) in [6.45, 7) is -0.0701. The monoisotopic (exact) mass is 324 g/mol. The summed E-state index contributed by atoms with van der Waals surface area (Å²) in [4.78, 5) is 0.0194. The second kappa shape index (κ2) is 4.93. The lowest BCUT2D eigenvalue weighted by atomic mass is 10.3. The van der Waals surface area contributed by atoms with Gasteiger partial charge in [-0.25, -0.2) is 16.8 Å². The Balaban J connectivity index is 2.30. The first kappa shape index (κ1) is 14.6. The minimum absolute atomic E-state index is 0.0194. The van der Waals surface area contributed by atoms with Gasteiger partial charge in [0.15, 0.2) is 9.84 Å². The summed E-state index contributed by atoms with van der Waals surface area (Å²) in [5.74, 6) is -0.316. The summed E-state index contributed by atoms with van der Waals surface area (Å²) in [5.41, 5.74) is 5.82. The van der Waals surface area contributed by atoms with Crippen molar-refractivity contribution in [3.63, 3.8) is 0 Å². The van der Waals surface area contributed by atoms with Gasteiger partial charge < -0.3 is 5.73 Å². The van der Waals surface area contributed by atoms with Crippen LogP contribution in [0, 0.1) is 0 Å². The molecular weight excluding hydrogens is 312 g/mol. The van der Waals surface area contributed by atoms with E-state index < -0.39 is 19.9 Å². The molecular formula is C10H13ClN2O4S2. The van der Waals surface area contributed by atoms with Gasteiger partial charge in [-0.2, -0.15) is 4.31 Å². The molecule has 1 aromatic rings. The standard InChI is InChI=1S/C10H13ClN2O4S2/c11-9-7-8(1-2-10(9)12)19(16,17)13-3-5-18(14,15)6-4-13/h1-2,7H,3-6,12H2. The molecule has 0 bridgehead atoms. The minimum atomic E-state index is -3.72. The number of rotatable bonds is 2. The van der Waals surface area contributed by atoms with E-state index in [0.29, 0.717) is 5.69 Å². The van der Waals surface area contributed by atoms with Gasteiger partial charge >= 0.3 is 0 Å². The van der Waals surface area contributed by atoms with Gasteiger partial charge in [0, 0.05) is 13.1 Å². The van der Waals surface area contributed by atoms with E-state index in [1.165, 1.54) is 18.2 Å². The Morgan fingerprint density at radius 1 is 1.21 bits per heavy atom. The first-order valence-electron chi connectivity index (χ1n) is 5.48. The van der Waals surface area contributed by atoms with Crippen LogP contribution in [0.25, 0.3) is 0 Å². The van der Waals surface area contributed by atoms with Crippen LogP contribution in [0.3, 0.4) is 0 Å². The second-order valence-corrected chi connectivity index (χ2v) is 8.89. The van der Waals surface area contributed by atoms with Crippen molar-refractivity contribution in [1.82, 2.24) is 4.31 Å². The average Bonchev–Trinajstić information content (AvgIpc) is 2.32. The van der Waals surface area contributed by atoms with Gasteiger partial charge in [0.05, 0.1) is 27.1 Å². The summed E-state index contributed by atoms with van der Waals surface area (Å²) < 4.78 is 48.3. The number of nitrogen functional groups attached to an aromatic ring is 1. The van der Waals surface area contributed by atoms with Crippen molar-refractivity contribution in [3.8, 4) is 0 Å². The van der Waals surface area contributed by atoms with Crippen LogP contribution in [0.2, 0.25) is 5.02 Å². The molecule has 1 aliphatic heterocycles. The van der Waals surface area contributed by atoms with Crippen LogP contribution >= 0.6 is 11.6 Å². The Labute approximate surface area is 117 Å². The number of hydrogen-bond donors (Lipinski definition) is 1. The molecule has 19 heavy (non-hydrogen) atoms.